The fourth-order valence-corrected chi connectivity index (χ4v) is 2.55. The highest BCUT2D eigenvalue weighted by Crippen LogP contribution is 2.37. The van der Waals surface area contributed by atoms with E-state index in [1.54, 1.807) is 6.92 Å². The molecule has 0 aliphatic carbocycles. The van der Waals surface area contributed by atoms with Gasteiger partial charge in [-0.05, 0) is 33.6 Å². The molecule has 132 valence electrons. The third-order valence-corrected chi connectivity index (χ3v) is 3.87. The molecule has 0 saturated carbocycles. The van der Waals surface area contributed by atoms with Crippen molar-refractivity contribution in [3.05, 3.63) is 11.6 Å². The minimum Gasteiger partial charge on any atom is -0.481 e. The van der Waals surface area contributed by atoms with E-state index < -0.39 is 43.1 Å². The molecule has 8 heteroatoms. The summed E-state index contributed by atoms with van der Waals surface area (Å²) in [5, 5.41) is 11.6. The summed E-state index contributed by atoms with van der Waals surface area (Å²) < 4.78 is 38.7. The topological polar surface area (TPSA) is 69.6 Å². The predicted molar refractivity (Wildman–Crippen MR) is 78.9 cm³/mol. The fraction of sp³-hybridized carbons (Fsp3) is 0.733. The molecule has 1 fully saturated rings. The normalized spacial score (nSPS) is 22.6. The predicted octanol–water partition coefficient (Wildman–Crippen LogP) is 3.03. The number of aliphatic carboxylic acids is 1. The standard InChI is InChI=1S/C15H23F3N2O3/c1-9(2)5-4-6-10(3)19-14(23)20-7-11(13(21)22)12(8-20)15(16,17)18/h5,10-12H,4,6-8H2,1-3H3,(H,19,23)(H,21,22)/t10?,11-,12-/m1/s1. The number of urea groups is 1. The Kier molecular flexibility index (Phi) is 6.47. The van der Waals surface area contributed by atoms with Crippen LogP contribution in [0, 0.1) is 11.8 Å². The molecule has 0 bridgehead atoms. The first kappa shape index (κ1) is 19.3. The zero-order valence-corrected chi connectivity index (χ0v) is 13.5. The Morgan fingerprint density at radius 2 is 1.96 bits per heavy atom. The molecular formula is C15H23F3N2O3. The number of allylic oxidation sites excluding steroid dienone is 2. The largest absolute Gasteiger partial charge is 0.481 e. The third-order valence-electron chi connectivity index (χ3n) is 3.87. The van der Waals surface area contributed by atoms with Gasteiger partial charge in [-0.15, -0.1) is 0 Å². The van der Waals surface area contributed by atoms with E-state index in [2.05, 4.69) is 5.32 Å². The number of nitrogens with one attached hydrogen (secondary N) is 1. The molecular weight excluding hydrogens is 313 g/mol. The number of halogens is 3. The smallest absolute Gasteiger partial charge is 0.394 e. The number of likely N-dealkylation sites (tertiary alicyclic amines) is 1. The van der Waals surface area contributed by atoms with Crippen molar-refractivity contribution in [2.45, 2.75) is 45.8 Å². The highest BCUT2D eigenvalue weighted by atomic mass is 19.4. The molecule has 3 atom stereocenters. The number of carbonyl (C=O) groups excluding carboxylic acids is 1. The second kappa shape index (κ2) is 7.70. The number of amides is 2. The van der Waals surface area contributed by atoms with E-state index in [1.807, 2.05) is 19.9 Å². The van der Waals surface area contributed by atoms with Crippen molar-refractivity contribution in [2.24, 2.45) is 11.8 Å². The Morgan fingerprint density at radius 3 is 2.39 bits per heavy atom. The van der Waals surface area contributed by atoms with E-state index in [-0.39, 0.29) is 6.04 Å². The number of nitrogens with zero attached hydrogens (tertiary/aromatic N) is 1. The Bertz CT molecular complexity index is 473. The first-order valence-corrected chi connectivity index (χ1v) is 7.50. The van der Waals surface area contributed by atoms with Crippen molar-refractivity contribution in [2.75, 3.05) is 13.1 Å². The Hall–Kier alpha value is -1.73. The molecule has 2 amide bonds. The van der Waals surface area contributed by atoms with E-state index in [9.17, 15) is 22.8 Å². The lowest BCUT2D eigenvalue weighted by Crippen LogP contribution is -2.43. The average Bonchev–Trinajstić information content (AvgIpc) is 2.83. The maximum absolute atomic E-state index is 12.9. The van der Waals surface area contributed by atoms with Gasteiger partial charge in [0.2, 0.25) is 0 Å². The van der Waals surface area contributed by atoms with Crippen LogP contribution >= 0.6 is 0 Å². The molecule has 1 rings (SSSR count). The molecule has 0 radical (unpaired) electrons. The van der Waals surface area contributed by atoms with Crippen molar-refractivity contribution < 1.29 is 27.9 Å². The maximum Gasteiger partial charge on any atom is 0.394 e. The van der Waals surface area contributed by atoms with Crippen LogP contribution in [0.1, 0.15) is 33.6 Å². The Labute approximate surface area is 133 Å². The number of carbonyl (C=O) groups is 2. The van der Waals surface area contributed by atoms with Crippen molar-refractivity contribution in [1.29, 1.82) is 0 Å². The average molecular weight is 336 g/mol. The second-order valence-electron chi connectivity index (χ2n) is 6.21. The summed E-state index contributed by atoms with van der Waals surface area (Å²) in [7, 11) is 0. The maximum atomic E-state index is 12.9. The van der Waals surface area contributed by atoms with E-state index in [1.165, 1.54) is 0 Å². The van der Waals surface area contributed by atoms with Crippen molar-refractivity contribution in [3.8, 4) is 0 Å². The quantitative estimate of drug-likeness (QED) is 0.758. The van der Waals surface area contributed by atoms with Crippen LogP contribution < -0.4 is 5.32 Å². The van der Waals surface area contributed by atoms with Gasteiger partial charge in [0.15, 0.2) is 0 Å². The van der Waals surface area contributed by atoms with Crippen molar-refractivity contribution in [3.63, 3.8) is 0 Å². The zero-order chi connectivity index (χ0) is 17.8. The van der Waals surface area contributed by atoms with Gasteiger partial charge >= 0.3 is 18.2 Å². The number of carboxylic acids is 1. The Morgan fingerprint density at radius 1 is 1.35 bits per heavy atom. The van der Waals surface area contributed by atoms with Crippen molar-refractivity contribution >= 4 is 12.0 Å². The van der Waals surface area contributed by atoms with Crippen LogP contribution in [-0.4, -0.2) is 47.3 Å². The lowest BCUT2D eigenvalue weighted by molar-refractivity contribution is -0.187. The highest BCUT2D eigenvalue weighted by molar-refractivity contribution is 5.78. The number of hydrogen-bond acceptors (Lipinski definition) is 2. The zero-order valence-electron chi connectivity index (χ0n) is 13.5. The van der Waals surface area contributed by atoms with Crippen LogP contribution in [0.25, 0.3) is 0 Å². The van der Waals surface area contributed by atoms with Gasteiger partial charge in [0.05, 0.1) is 11.8 Å². The Balaban J connectivity index is 2.60. The molecule has 1 aliphatic rings. The van der Waals surface area contributed by atoms with Crippen LogP contribution in [0.3, 0.4) is 0 Å². The first-order valence-electron chi connectivity index (χ1n) is 7.50. The summed E-state index contributed by atoms with van der Waals surface area (Å²) in [6.45, 7) is 4.63. The molecule has 23 heavy (non-hydrogen) atoms. The van der Waals surface area contributed by atoms with Gasteiger partial charge in [-0.3, -0.25) is 4.79 Å². The molecule has 1 aliphatic heterocycles. The van der Waals surface area contributed by atoms with Gasteiger partial charge < -0.3 is 15.3 Å². The van der Waals surface area contributed by atoms with E-state index in [0.717, 1.165) is 16.9 Å². The molecule has 2 N–H and O–H groups in total. The van der Waals surface area contributed by atoms with Crippen LogP contribution in [-0.2, 0) is 4.79 Å². The molecule has 1 saturated heterocycles. The number of hydrogen-bond donors (Lipinski definition) is 2. The number of alkyl halides is 3. The molecule has 0 spiro atoms. The molecule has 0 aromatic carbocycles. The highest BCUT2D eigenvalue weighted by Gasteiger charge is 2.53. The van der Waals surface area contributed by atoms with Gasteiger partial charge in [-0.25, -0.2) is 4.79 Å². The van der Waals surface area contributed by atoms with Crippen LogP contribution in [0.5, 0.6) is 0 Å². The molecule has 5 nitrogen and oxygen atoms in total. The number of carboxylic acid groups (broad SMARTS) is 1. The van der Waals surface area contributed by atoms with E-state index in [0.29, 0.717) is 6.42 Å². The monoisotopic (exact) mass is 336 g/mol. The van der Waals surface area contributed by atoms with E-state index in [4.69, 9.17) is 5.11 Å². The lowest BCUT2D eigenvalue weighted by atomic mass is 9.96. The number of rotatable bonds is 5. The summed E-state index contributed by atoms with van der Waals surface area (Å²) in [6.07, 6.45) is -1.20. The summed E-state index contributed by atoms with van der Waals surface area (Å²) in [5.41, 5.74) is 1.15. The first-order chi connectivity index (χ1) is 10.5. The van der Waals surface area contributed by atoms with Gasteiger partial charge in [0.1, 0.15) is 0 Å². The van der Waals surface area contributed by atoms with E-state index >= 15 is 0 Å². The van der Waals surface area contributed by atoms with Crippen LogP contribution in [0.2, 0.25) is 0 Å². The van der Waals surface area contributed by atoms with Gasteiger partial charge in [0.25, 0.3) is 0 Å². The van der Waals surface area contributed by atoms with Crippen molar-refractivity contribution in [1.82, 2.24) is 10.2 Å². The molecule has 0 aromatic rings. The SMILES string of the molecule is CC(C)=CCCC(C)NC(=O)N1C[C@@H](C(F)(F)F)[C@H](C(=O)O)C1. The lowest BCUT2D eigenvalue weighted by Gasteiger charge is -2.21. The minimum absolute atomic E-state index is 0.202. The molecule has 1 unspecified atom stereocenters. The van der Waals surface area contributed by atoms with Gasteiger partial charge in [-0.1, -0.05) is 11.6 Å². The third kappa shape index (κ3) is 5.76. The summed E-state index contributed by atoms with van der Waals surface area (Å²) in [5.74, 6) is -5.16. The fourth-order valence-electron chi connectivity index (χ4n) is 2.55. The van der Waals surface area contributed by atoms with Gasteiger partial charge in [0, 0.05) is 19.1 Å². The summed E-state index contributed by atoms with van der Waals surface area (Å²) in [6, 6.07) is -0.848. The van der Waals surface area contributed by atoms with Crippen LogP contribution in [0.15, 0.2) is 11.6 Å². The van der Waals surface area contributed by atoms with Gasteiger partial charge in [-0.2, -0.15) is 13.2 Å². The van der Waals surface area contributed by atoms with Crippen LogP contribution in [0.4, 0.5) is 18.0 Å². The summed E-state index contributed by atoms with van der Waals surface area (Å²) in [4.78, 5) is 24.0. The summed E-state index contributed by atoms with van der Waals surface area (Å²) >= 11 is 0. The molecule has 1 heterocycles. The minimum atomic E-state index is -4.63. The second-order valence-corrected chi connectivity index (χ2v) is 6.21. The molecule has 0 aromatic heterocycles.